The first-order valence-electron chi connectivity index (χ1n) is 20.4. The largest absolute Gasteiger partial charge is 0.311 e. The van der Waals surface area contributed by atoms with Gasteiger partial charge < -0.3 is 9.80 Å². The second-order valence-corrected chi connectivity index (χ2v) is 14.7. The van der Waals surface area contributed by atoms with Gasteiger partial charge in [0.15, 0.2) is 0 Å². The summed E-state index contributed by atoms with van der Waals surface area (Å²) in [5, 5.41) is 0. The number of hydrogen-bond acceptors (Lipinski definition) is 2. The van der Waals surface area contributed by atoms with Gasteiger partial charge in [0, 0.05) is 34.1 Å². The van der Waals surface area contributed by atoms with E-state index in [9.17, 15) is 0 Å². The van der Waals surface area contributed by atoms with Gasteiger partial charge in [-0.25, -0.2) is 0 Å². The molecule has 0 unspecified atom stereocenters. The normalized spacial score (nSPS) is 11.2. The Balaban J connectivity index is 0.817. The van der Waals surface area contributed by atoms with Crippen LogP contribution in [0.1, 0.15) is 22.3 Å². The molecule has 0 atom stereocenters. The number of hydrogen-bond donors (Lipinski definition) is 0. The summed E-state index contributed by atoms with van der Waals surface area (Å²) in [6.45, 7) is 0. The Morgan fingerprint density at radius 3 is 0.600 bits per heavy atom. The van der Waals surface area contributed by atoms with E-state index >= 15 is 0 Å². The van der Waals surface area contributed by atoms with Gasteiger partial charge in [-0.2, -0.15) is 0 Å². The first-order chi connectivity index (χ1) is 29.7. The number of anilines is 6. The predicted molar refractivity (Wildman–Crippen MR) is 257 cm³/mol. The Labute approximate surface area is 353 Å². The summed E-state index contributed by atoms with van der Waals surface area (Å²) in [4.78, 5) is 4.56. The van der Waals surface area contributed by atoms with Crippen LogP contribution in [0.15, 0.2) is 243 Å². The highest BCUT2D eigenvalue weighted by molar-refractivity contribution is 5.80. The van der Waals surface area contributed by atoms with Crippen molar-refractivity contribution in [2.75, 3.05) is 9.80 Å². The van der Waals surface area contributed by atoms with Crippen LogP contribution in [0.3, 0.4) is 0 Å². The molecular weight excluding hydrogens is 725 g/mol. The van der Waals surface area contributed by atoms with Gasteiger partial charge in [0.05, 0.1) is 0 Å². The lowest BCUT2D eigenvalue weighted by atomic mass is 9.98. The third-order valence-electron chi connectivity index (χ3n) is 10.7. The summed E-state index contributed by atoms with van der Waals surface area (Å²) >= 11 is 0. The van der Waals surface area contributed by atoms with Crippen molar-refractivity contribution in [3.05, 3.63) is 265 Å². The van der Waals surface area contributed by atoms with Crippen LogP contribution in [0.5, 0.6) is 0 Å². The molecule has 0 saturated heterocycles. The predicted octanol–water partition coefficient (Wildman–Crippen LogP) is 16.3. The fourth-order valence-electron chi connectivity index (χ4n) is 7.49. The lowest BCUT2D eigenvalue weighted by Crippen LogP contribution is -2.09. The monoisotopic (exact) mass is 768 g/mol. The van der Waals surface area contributed by atoms with Crippen molar-refractivity contribution >= 4 is 58.4 Å². The number of rotatable bonds is 12. The molecule has 0 aliphatic carbocycles. The average molecular weight is 769 g/mol. The molecule has 0 heterocycles. The third-order valence-corrected chi connectivity index (χ3v) is 10.7. The van der Waals surface area contributed by atoms with Crippen molar-refractivity contribution in [2.24, 2.45) is 0 Å². The molecule has 9 aromatic rings. The molecule has 0 bridgehead atoms. The summed E-state index contributed by atoms with van der Waals surface area (Å²) in [6, 6.07) is 85.8. The van der Waals surface area contributed by atoms with Gasteiger partial charge in [0.25, 0.3) is 0 Å². The third kappa shape index (κ3) is 8.95. The molecule has 2 nitrogen and oxygen atoms in total. The zero-order valence-electron chi connectivity index (χ0n) is 33.3. The molecule has 0 saturated carbocycles. The Morgan fingerprint density at radius 1 is 0.183 bits per heavy atom. The van der Waals surface area contributed by atoms with Crippen LogP contribution in [-0.4, -0.2) is 0 Å². The van der Waals surface area contributed by atoms with Crippen LogP contribution in [-0.2, 0) is 0 Å². The van der Waals surface area contributed by atoms with E-state index in [1.807, 2.05) is 0 Å². The minimum absolute atomic E-state index is 1.12. The summed E-state index contributed by atoms with van der Waals surface area (Å²) in [5.41, 5.74) is 16.2. The average Bonchev–Trinajstić information content (AvgIpc) is 3.33. The SMILES string of the molecule is C(=Cc1ccc(N(c2ccccc2)c2ccccc2)cc1)c1ccc(-c2ccc(-c3ccc(/C=C\c4ccc(N(c5ccccc5)c5ccccc5)cc4)cc3)cc2)cc1. The van der Waals surface area contributed by atoms with Crippen LogP contribution in [0.2, 0.25) is 0 Å². The Bertz CT molecular complexity index is 2500. The fourth-order valence-corrected chi connectivity index (χ4v) is 7.49. The summed E-state index contributed by atoms with van der Waals surface area (Å²) in [7, 11) is 0. The molecule has 60 heavy (non-hydrogen) atoms. The van der Waals surface area contributed by atoms with Gasteiger partial charge in [-0.1, -0.05) is 194 Å². The Hall–Kier alpha value is -7.94. The van der Waals surface area contributed by atoms with Crippen molar-refractivity contribution in [3.63, 3.8) is 0 Å². The maximum atomic E-state index is 2.28. The molecule has 0 aliphatic rings. The number of para-hydroxylation sites is 4. The van der Waals surface area contributed by atoms with Gasteiger partial charge >= 0.3 is 0 Å². The van der Waals surface area contributed by atoms with Crippen LogP contribution in [0, 0.1) is 0 Å². The van der Waals surface area contributed by atoms with Crippen molar-refractivity contribution in [1.82, 2.24) is 0 Å². The Kier molecular flexibility index (Phi) is 11.4. The highest BCUT2D eigenvalue weighted by Crippen LogP contribution is 2.36. The highest BCUT2D eigenvalue weighted by atomic mass is 15.1. The van der Waals surface area contributed by atoms with E-state index in [0.29, 0.717) is 0 Å². The standard InChI is InChI=1S/C58H44N2/c1-5-13-53(14-6-1)59(54-15-7-2-8-16-54)57-41-29-47(30-42-57)23-21-45-25-33-49(34-26-45)51-37-39-52(40-38-51)50-35-27-46(28-36-50)22-24-48-31-43-58(44-32-48)60(55-17-9-3-10-18-55)56-19-11-4-12-20-56/h1-44H/b23-21-,24-22?. The van der Waals surface area contributed by atoms with Crippen molar-refractivity contribution in [3.8, 4) is 22.3 Å². The smallest absolute Gasteiger partial charge is 0.0462 e. The first kappa shape index (κ1) is 37.6. The summed E-state index contributed by atoms with van der Waals surface area (Å²) in [5.74, 6) is 0. The minimum Gasteiger partial charge on any atom is -0.311 e. The zero-order valence-corrected chi connectivity index (χ0v) is 33.3. The van der Waals surface area contributed by atoms with Gasteiger partial charge in [-0.05, 0) is 117 Å². The fraction of sp³-hybridized carbons (Fsp3) is 0. The molecule has 0 amide bonds. The van der Waals surface area contributed by atoms with E-state index in [4.69, 9.17) is 0 Å². The zero-order chi connectivity index (χ0) is 40.4. The number of nitrogens with zero attached hydrogens (tertiary/aromatic N) is 2. The van der Waals surface area contributed by atoms with Crippen LogP contribution >= 0.6 is 0 Å². The molecule has 9 aromatic carbocycles. The second kappa shape index (κ2) is 18.1. The van der Waals surface area contributed by atoms with Gasteiger partial charge in [-0.3, -0.25) is 0 Å². The number of benzene rings is 9. The first-order valence-corrected chi connectivity index (χ1v) is 20.4. The molecule has 0 fully saturated rings. The molecule has 0 N–H and O–H groups in total. The molecule has 0 radical (unpaired) electrons. The molecule has 0 aliphatic heterocycles. The Morgan fingerprint density at radius 2 is 0.367 bits per heavy atom. The molecule has 9 rings (SSSR count). The maximum Gasteiger partial charge on any atom is 0.0462 e. The van der Waals surface area contributed by atoms with E-state index in [-0.39, 0.29) is 0 Å². The molecule has 286 valence electrons. The quantitative estimate of drug-likeness (QED) is 0.114. The van der Waals surface area contributed by atoms with Crippen molar-refractivity contribution in [1.29, 1.82) is 0 Å². The lowest BCUT2D eigenvalue weighted by Gasteiger charge is -2.25. The van der Waals surface area contributed by atoms with Crippen molar-refractivity contribution < 1.29 is 0 Å². The minimum atomic E-state index is 1.12. The molecule has 2 heteroatoms. The highest BCUT2D eigenvalue weighted by Gasteiger charge is 2.13. The molecule has 0 aromatic heterocycles. The van der Waals surface area contributed by atoms with E-state index in [1.54, 1.807) is 0 Å². The summed E-state index contributed by atoms with van der Waals surface area (Å²) < 4.78 is 0. The molecular formula is C58H44N2. The van der Waals surface area contributed by atoms with E-state index in [2.05, 4.69) is 277 Å². The van der Waals surface area contributed by atoms with Gasteiger partial charge in [0.1, 0.15) is 0 Å². The van der Waals surface area contributed by atoms with Gasteiger partial charge in [-0.15, -0.1) is 0 Å². The van der Waals surface area contributed by atoms with Crippen LogP contribution < -0.4 is 9.80 Å². The van der Waals surface area contributed by atoms with Crippen LogP contribution in [0.4, 0.5) is 34.1 Å². The molecule has 0 spiro atoms. The summed E-state index contributed by atoms with van der Waals surface area (Å²) in [6.07, 6.45) is 8.70. The van der Waals surface area contributed by atoms with Crippen molar-refractivity contribution in [2.45, 2.75) is 0 Å². The van der Waals surface area contributed by atoms with E-state index < -0.39 is 0 Å². The van der Waals surface area contributed by atoms with Crippen LogP contribution in [0.25, 0.3) is 46.6 Å². The maximum absolute atomic E-state index is 2.28. The topological polar surface area (TPSA) is 6.48 Å². The van der Waals surface area contributed by atoms with E-state index in [1.165, 1.54) is 33.4 Å². The second-order valence-electron chi connectivity index (χ2n) is 14.7. The van der Waals surface area contributed by atoms with Gasteiger partial charge in [0.2, 0.25) is 0 Å². The van der Waals surface area contributed by atoms with E-state index in [0.717, 1.165) is 45.3 Å². The lowest BCUT2D eigenvalue weighted by molar-refractivity contribution is 1.28.